The average molecular weight is 437 g/mol. The van der Waals surface area contributed by atoms with Crippen molar-refractivity contribution in [1.82, 2.24) is 0 Å². The molecule has 0 bridgehead atoms. The third kappa shape index (κ3) is 6.68. The predicted molar refractivity (Wildman–Crippen MR) is 107 cm³/mol. The first kappa shape index (κ1) is 22.0. The van der Waals surface area contributed by atoms with E-state index in [1.807, 2.05) is 0 Å². The smallest absolute Gasteiger partial charge is 0.425 e. The van der Waals surface area contributed by atoms with Crippen LogP contribution in [0.1, 0.15) is 18.1 Å². The third-order valence-corrected chi connectivity index (χ3v) is 3.94. The maximum atomic E-state index is 12.0. The summed E-state index contributed by atoms with van der Waals surface area (Å²) in [6.45, 7) is 0. The van der Waals surface area contributed by atoms with E-state index in [4.69, 9.17) is 39.1 Å². The Morgan fingerprint density at radius 3 is 2.28 bits per heavy atom. The van der Waals surface area contributed by atoms with E-state index in [9.17, 15) is 19.7 Å². The Morgan fingerprint density at radius 2 is 1.76 bits per heavy atom. The van der Waals surface area contributed by atoms with Crippen molar-refractivity contribution in [2.75, 3.05) is 5.32 Å². The Balaban J connectivity index is 2.03. The van der Waals surface area contributed by atoms with E-state index < -0.39 is 27.9 Å². The summed E-state index contributed by atoms with van der Waals surface area (Å²) in [7, 11) is 0. The van der Waals surface area contributed by atoms with Gasteiger partial charge >= 0.3 is 6.16 Å². The van der Waals surface area contributed by atoms with Crippen LogP contribution >= 0.6 is 23.2 Å². The first-order valence-electron chi connectivity index (χ1n) is 8.05. The Bertz CT molecular complexity index is 923. The molecule has 1 N–H and O–H groups in total. The maximum absolute atomic E-state index is 12.0. The van der Waals surface area contributed by atoms with Crippen LogP contribution in [0.25, 0.3) is 0 Å². The van der Waals surface area contributed by atoms with Crippen LogP contribution in [-0.4, -0.2) is 21.8 Å². The zero-order valence-corrected chi connectivity index (χ0v) is 16.2. The van der Waals surface area contributed by atoms with Gasteiger partial charge in [-0.05, 0) is 29.8 Å². The van der Waals surface area contributed by atoms with Gasteiger partial charge in [-0.2, -0.15) is 0 Å². The van der Waals surface area contributed by atoms with Gasteiger partial charge in [-0.3, -0.25) is 14.9 Å². The lowest BCUT2D eigenvalue weighted by Gasteiger charge is -2.16. The summed E-state index contributed by atoms with van der Waals surface area (Å²) >= 11 is 11.0. The number of nitrogens with zero attached hydrogens (tertiary/aromatic N) is 1. The number of alkyl halides is 2. The topological polar surface area (TPSA) is 108 Å². The number of terminal acetylenes is 1. The zero-order valence-electron chi connectivity index (χ0n) is 14.7. The average Bonchev–Trinajstić information content (AvgIpc) is 2.68. The summed E-state index contributed by atoms with van der Waals surface area (Å²) in [6.07, 6.45) is 3.59. The van der Waals surface area contributed by atoms with Crippen molar-refractivity contribution in [2.45, 2.75) is 17.4 Å². The minimum Gasteiger partial charge on any atom is -0.425 e. The molecule has 0 spiro atoms. The molecular formula is C19H14Cl2N2O6. The molecule has 10 heteroatoms. The molecule has 0 aliphatic rings. The molecule has 8 nitrogen and oxygen atoms in total. The molecule has 0 radical (unpaired) electrons. The molecule has 0 saturated heterocycles. The monoisotopic (exact) mass is 436 g/mol. The minimum absolute atomic E-state index is 0.0759. The van der Waals surface area contributed by atoms with Gasteiger partial charge in [-0.1, -0.05) is 35.3 Å². The van der Waals surface area contributed by atoms with Crippen LogP contribution in [0.5, 0.6) is 5.75 Å². The lowest BCUT2D eigenvalue weighted by atomic mass is 10.1. The Labute approximate surface area is 175 Å². The van der Waals surface area contributed by atoms with Crippen molar-refractivity contribution < 1.29 is 24.0 Å². The molecule has 0 aromatic heterocycles. The number of hydrogen-bond donors (Lipinski definition) is 1. The molecule has 2 rings (SSSR count). The number of benzene rings is 2. The number of nitrogens with one attached hydrogen (secondary N) is 1. The minimum atomic E-state index is -1.21. The van der Waals surface area contributed by atoms with E-state index in [1.165, 1.54) is 24.3 Å². The highest BCUT2D eigenvalue weighted by molar-refractivity contribution is 6.54. The van der Waals surface area contributed by atoms with Gasteiger partial charge < -0.3 is 14.8 Å². The number of carbonyl (C=O) groups is 2. The molecule has 1 amide bonds. The number of halogens is 2. The molecule has 0 saturated carbocycles. The highest BCUT2D eigenvalue weighted by Crippen LogP contribution is 2.25. The molecule has 0 heterocycles. The summed E-state index contributed by atoms with van der Waals surface area (Å²) in [6, 6.07) is 11.3. The van der Waals surface area contributed by atoms with Crippen molar-refractivity contribution in [3.8, 4) is 18.1 Å². The largest absolute Gasteiger partial charge is 0.514 e. The van der Waals surface area contributed by atoms with Crippen LogP contribution in [0.4, 0.5) is 16.2 Å². The number of amides is 1. The summed E-state index contributed by atoms with van der Waals surface area (Å²) in [5, 5.41) is 13.1. The van der Waals surface area contributed by atoms with Gasteiger partial charge in [0.05, 0.1) is 11.3 Å². The van der Waals surface area contributed by atoms with E-state index in [0.717, 1.165) is 0 Å². The molecule has 0 aliphatic heterocycles. The third-order valence-electron chi connectivity index (χ3n) is 3.54. The van der Waals surface area contributed by atoms with Crippen molar-refractivity contribution in [2.24, 2.45) is 0 Å². The molecule has 0 fully saturated rings. The lowest BCUT2D eigenvalue weighted by molar-refractivity contribution is -0.384. The lowest BCUT2D eigenvalue weighted by Crippen LogP contribution is -2.18. The number of rotatable bonds is 7. The number of hydrogen-bond acceptors (Lipinski definition) is 6. The number of nitro groups is 1. The number of ether oxygens (including phenoxy) is 2. The highest BCUT2D eigenvalue weighted by atomic mass is 35.5. The number of carbonyl (C=O) groups excluding carboxylic acids is 2. The molecular weight excluding hydrogens is 423 g/mol. The van der Waals surface area contributed by atoms with Crippen LogP contribution in [0.15, 0.2) is 48.5 Å². The Morgan fingerprint density at radius 1 is 1.14 bits per heavy atom. The number of nitro benzene ring substituents is 1. The molecule has 29 heavy (non-hydrogen) atoms. The fourth-order valence-electron chi connectivity index (χ4n) is 2.18. The summed E-state index contributed by atoms with van der Waals surface area (Å²) in [4.78, 5) is 32.4. The van der Waals surface area contributed by atoms with Gasteiger partial charge in [0, 0.05) is 17.8 Å². The van der Waals surface area contributed by atoms with E-state index >= 15 is 0 Å². The predicted octanol–water partition coefficient (Wildman–Crippen LogP) is 4.62. The Kier molecular flexibility index (Phi) is 7.83. The Hall–Kier alpha value is -3.28. The van der Waals surface area contributed by atoms with Crippen molar-refractivity contribution >= 4 is 46.6 Å². The molecule has 2 aromatic rings. The molecule has 2 aromatic carbocycles. The van der Waals surface area contributed by atoms with Gasteiger partial charge in [0.25, 0.3) is 11.6 Å². The van der Waals surface area contributed by atoms with E-state index in [-0.39, 0.29) is 17.9 Å². The van der Waals surface area contributed by atoms with Crippen LogP contribution in [0.2, 0.25) is 0 Å². The first-order chi connectivity index (χ1) is 13.8. The second-order valence-electron chi connectivity index (χ2n) is 5.53. The number of anilines is 1. The van der Waals surface area contributed by atoms with Crippen LogP contribution in [0, 0.1) is 22.5 Å². The van der Waals surface area contributed by atoms with Gasteiger partial charge in [0.2, 0.25) is 0 Å². The molecule has 150 valence electrons. The van der Waals surface area contributed by atoms with Gasteiger partial charge in [-0.15, -0.1) is 12.3 Å². The summed E-state index contributed by atoms with van der Waals surface area (Å²) in [5.41, 5.74) is 0.866. The van der Waals surface area contributed by atoms with Crippen molar-refractivity contribution in [3.63, 3.8) is 0 Å². The van der Waals surface area contributed by atoms with Crippen molar-refractivity contribution in [3.05, 3.63) is 64.2 Å². The van der Waals surface area contributed by atoms with E-state index in [2.05, 4.69) is 11.2 Å². The van der Waals surface area contributed by atoms with E-state index in [0.29, 0.717) is 11.3 Å². The van der Waals surface area contributed by atoms with Gasteiger partial charge in [0.15, 0.2) is 4.84 Å². The van der Waals surface area contributed by atoms with Crippen LogP contribution in [-0.2, 0) is 9.53 Å². The zero-order chi connectivity index (χ0) is 21.4. The standard InChI is InChI=1S/C19H14Cl2N2O6/c1-2-3-16(12-4-6-13(7-5-12)22-18(24)17(20)21)29-19(25)28-15-10-8-14(9-11-15)23(26)27/h1,4-11,16-17H,3H2,(H,22,24). The number of non-ortho nitro benzene ring substituents is 1. The molecule has 1 unspecified atom stereocenters. The van der Waals surface area contributed by atoms with Crippen LogP contribution in [0.3, 0.4) is 0 Å². The maximum Gasteiger partial charge on any atom is 0.514 e. The quantitative estimate of drug-likeness (QED) is 0.169. The fourth-order valence-corrected chi connectivity index (χ4v) is 2.29. The first-order valence-corrected chi connectivity index (χ1v) is 8.92. The summed E-state index contributed by atoms with van der Waals surface area (Å²) < 4.78 is 10.3. The van der Waals surface area contributed by atoms with Crippen LogP contribution < -0.4 is 10.1 Å². The molecule has 0 aliphatic carbocycles. The fraction of sp³-hybridized carbons (Fsp3) is 0.158. The summed E-state index contributed by atoms with van der Waals surface area (Å²) in [5.74, 6) is 1.90. The highest BCUT2D eigenvalue weighted by Gasteiger charge is 2.19. The second kappa shape index (κ2) is 10.3. The van der Waals surface area contributed by atoms with Gasteiger partial charge in [-0.25, -0.2) is 4.79 Å². The SMILES string of the molecule is C#CCC(OC(=O)Oc1ccc([N+](=O)[O-])cc1)c1ccc(NC(=O)C(Cl)Cl)cc1. The normalized spacial score (nSPS) is 11.2. The second-order valence-corrected chi connectivity index (χ2v) is 6.63. The van der Waals surface area contributed by atoms with Gasteiger partial charge in [0.1, 0.15) is 11.9 Å². The van der Waals surface area contributed by atoms with E-state index in [1.54, 1.807) is 24.3 Å². The van der Waals surface area contributed by atoms with Crippen molar-refractivity contribution in [1.29, 1.82) is 0 Å². The molecule has 1 atom stereocenters.